The van der Waals surface area contributed by atoms with E-state index in [-0.39, 0.29) is 5.89 Å². The fourth-order valence-electron chi connectivity index (χ4n) is 1.82. The lowest BCUT2D eigenvalue weighted by molar-refractivity contribution is 0.584. The third kappa shape index (κ3) is 2.14. The molecule has 2 aromatic rings. The molecular weight excluding hydrogens is 264 g/mol. The summed E-state index contributed by atoms with van der Waals surface area (Å²) >= 11 is 5.89. The normalized spacial score (nSPS) is 17.2. The summed E-state index contributed by atoms with van der Waals surface area (Å²) in [6.45, 7) is 0.454. The number of allylic oxidation sites excluding steroid dienone is 2. The molecule has 2 N–H and O–H groups in total. The van der Waals surface area contributed by atoms with Gasteiger partial charge >= 0.3 is 0 Å². The van der Waals surface area contributed by atoms with Crippen LogP contribution in [0.15, 0.2) is 45.6 Å². The zero-order valence-electron chi connectivity index (χ0n) is 9.77. The van der Waals surface area contributed by atoms with Crippen molar-refractivity contribution in [3.05, 3.63) is 47.1 Å². The first-order valence-electron chi connectivity index (χ1n) is 5.63. The molecule has 0 unspecified atom stereocenters. The first kappa shape index (κ1) is 11.6. The third-order valence-corrected chi connectivity index (χ3v) is 2.94. The topological polar surface area (TPSA) is 73.9 Å². The molecule has 1 aromatic carbocycles. The molecule has 1 aliphatic heterocycles. The summed E-state index contributed by atoms with van der Waals surface area (Å²) in [5, 5.41) is 15.7. The van der Waals surface area contributed by atoms with E-state index in [2.05, 4.69) is 21.7 Å². The Bertz CT molecular complexity index is 705. The standard InChI is InChI=1S/C13H9ClN4O/c14-12-5-10(16-7-17-12)8(6-15)13-18-9-3-1-2-4-11(9)19-13/h1-5,16-17H,7H2. The summed E-state index contributed by atoms with van der Waals surface area (Å²) in [7, 11) is 0. The summed E-state index contributed by atoms with van der Waals surface area (Å²) in [6, 6.07) is 9.47. The Morgan fingerprint density at radius 3 is 2.95 bits per heavy atom. The SMILES string of the molecule is N#CC(=C1C=C(Cl)NCN1)c1nc2ccccc2o1. The van der Waals surface area contributed by atoms with Crippen molar-refractivity contribution >= 4 is 28.3 Å². The highest BCUT2D eigenvalue weighted by atomic mass is 35.5. The van der Waals surface area contributed by atoms with Gasteiger partial charge in [-0.15, -0.1) is 0 Å². The minimum Gasteiger partial charge on any atom is -0.435 e. The van der Waals surface area contributed by atoms with E-state index >= 15 is 0 Å². The molecule has 0 bridgehead atoms. The van der Waals surface area contributed by atoms with Crippen molar-refractivity contribution in [2.24, 2.45) is 0 Å². The fraction of sp³-hybridized carbons (Fsp3) is 0.0769. The number of hydrogen-bond donors (Lipinski definition) is 2. The molecule has 94 valence electrons. The highest BCUT2D eigenvalue weighted by molar-refractivity contribution is 6.29. The van der Waals surface area contributed by atoms with Crippen LogP contribution in [-0.2, 0) is 0 Å². The molecule has 0 saturated heterocycles. The van der Waals surface area contributed by atoms with E-state index in [0.717, 1.165) is 5.52 Å². The number of para-hydroxylation sites is 2. The number of benzene rings is 1. The summed E-state index contributed by atoms with van der Waals surface area (Å²) in [5.74, 6) is 0.286. The zero-order chi connectivity index (χ0) is 13.2. The van der Waals surface area contributed by atoms with Crippen molar-refractivity contribution in [1.82, 2.24) is 15.6 Å². The number of hydrogen-bond acceptors (Lipinski definition) is 5. The Morgan fingerprint density at radius 2 is 2.21 bits per heavy atom. The quantitative estimate of drug-likeness (QED) is 0.615. The van der Waals surface area contributed by atoms with Crippen LogP contribution in [0.25, 0.3) is 16.7 Å². The number of nitriles is 1. The zero-order valence-corrected chi connectivity index (χ0v) is 10.5. The van der Waals surface area contributed by atoms with Crippen LogP contribution in [0.3, 0.4) is 0 Å². The maximum absolute atomic E-state index is 9.30. The largest absolute Gasteiger partial charge is 0.435 e. The van der Waals surface area contributed by atoms with Gasteiger partial charge in [0.05, 0.1) is 12.4 Å². The highest BCUT2D eigenvalue weighted by Crippen LogP contribution is 2.23. The van der Waals surface area contributed by atoms with E-state index in [1.807, 2.05) is 24.3 Å². The number of oxazole rings is 1. The van der Waals surface area contributed by atoms with Gasteiger partial charge in [-0.3, -0.25) is 0 Å². The second-order valence-electron chi connectivity index (χ2n) is 3.91. The Kier molecular flexibility index (Phi) is 2.86. The maximum atomic E-state index is 9.30. The Balaban J connectivity index is 2.15. The molecule has 0 spiro atoms. The second kappa shape index (κ2) is 4.67. The molecule has 3 rings (SSSR count). The summed E-state index contributed by atoms with van der Waals surface area (Å²) < 4.78 is 5.59. The van der Waals surface area contributed by atoms with Gasteiger partial charge in [-0.05, 0) is 18.2 Å². The van der Waals surface area contributed by atoms with Gasteiger partial charge in [-0.25, -0.2) is 4.98 Å². The average Bonchev–Trinajstić information content (AvgIpc) is 2.83. The Hall–Kier alpha value is -2.45. The van der Waals surface area contributed by atoms with Crippen LogP contribution < -0.4 is 10.6 Å². The molecule has 6 heteroatoms. The molecule has 0 amide bonds. The van der Waals surface area contributed by atoms with Crippen molar-refractivity contribution in [1.29, 1.82) is 5.26 Å². The fourth-order valence-corrected chi connectivity index (χ4v) is 1.99. The Morgan fingerprint density at radius 1 is 1.37 bits per heavy atom. The van der Waals surface area contributed by atoms with Crippen molar-refractivity contribution in [2.45, 2.75) is 0 Å². The third-order valence-electron chi connectivity index (χ3n) is 2.70. The molecule has 5 nitrogen and oxygen atoms in total. The molecule has 0 aliphatic carbocycles. The molecule has 0 atom stereocenters. The van der Waals surface area contributed by atoms with Crippen LogP contribution in [0, 0.1) is 11.3 Å². The first-order chi connectivity index (χ1) is 9.28. The number of rotatable bonds is 1. The van der Waals surface area contributed by atoms with E-state index < -0.39 is 0 Å². The molecule has 0 radical (unpaired) electrons. The number of fused-ring (bicyclic) bond motifs is 1. The van der Waals surface area contributed by atoms with Gasteiger partial charge in [-0.1, -0.05) is 23.7 Å². The Labute approximate surface area is 114 Å². The second-order valence-corrected chi connectivity index (χ2v) is 4.32. The monoisotopic (exact) mass is 272 g/mol. The molecule has 19 heavy (non-hydrogen) atoms. The summed E-state index contributed by atoms with van der Waals surface area (Å²) in [4.78, 5) is 4.30. The van der Waals surface area contributed by atoms with Crippen molar-refractivity contribution in [2.75, 3.05) is 6.67 Å². The number of aromatic nitrogens is 1. The molecule has 1 aromatic heterocycles. The lowest BCUT2D eigenvalue weighted by Crippen LogP contribution is -2.31. The number of nitrogens with zero attached hydrogens (tertiary/aromatic N) is 2. The van der Waals surface area contributed by atoms with Gasteiger partial charge in [0, 0.05) is 0 Å². The molecule has 2 heterocycles. The molecule has 1 aliphatic rings. The van der Waals surface area contributed by atoms with Crippen LogP contribution >= 0.6 is 11.6 Å². The molecular formula is C13H9ClN4O. The van der Waals surface area contributed by atoms with Gasteiger partial charge in [0.25, 0.3) is 0 Å². The van der Waals surface area contributed by atoms with E-state index in [9.17, 15) is 5.26 Å². The van der Waals surface area contributed by atoms with E-state index in [4.69, 9.17) is 16.0 Å². The van der Waals surface area contributed by atoms with Crippen molar-refractivity contribution in [3.8, 4) is 6.07 Å². The minimum atomic E-state index is 0.286. The summed E-state index contributed by atoms with van der Waals surface area (Å²) in [6.07, 6.45) is 1.64. The van der Waals surface area contributed by atoms with E-state index in [1.165, 1.54) is 0 Å². The van der Waals surface area contributed by atoms with Crippen LogP contribution in [0.4, 0.5) is 0 Å². The molecule has 0 fully saturated rings. The highest BCUT2D eigenvalue weighted by Gasteiger charge is 2.16. The summed E-state index contributed by atoms with van der Waals surface area (Å²) in [5.41, 5.74) is 2.29. The lowest BCUT2D eigenvalue weighted by atomic mass is 10.2. The van der Waals surface area contributed by atoms with Gasteiger partial charge in [0.1, 0.15) is 22.3 Å². The van der Waals surface area contributed by atoms with Crippen LogP contribution in [-0.4, -0.2) is 11.7 Å². The van der Waals surface area contributed by atoms with Gasteiger partial charge in [-0.2, -0.15) is 5.26 Å². The number of halogens is 1. The van der Waals surface area contributed by atoms with E-state index in [1.54, 1.807) is 6.08 Å². The van der Waals surface area contributed by atoms with E-state index in [0.29, 0.717) is 28.7 Å². The minimum absolute atomic E-state index is 0.286. The van der Waals surface area contributed by atoms with Gasteiger partial charge < -0.3 is 15.1 Å². The van der Waals surface area contributed by atoms with Crippen LogP contribution in [0.5, 0.6) is 0 Å². The predicted octanol–water partition coefficient (Wildman–Crippen LogP) is 2.29. The number of nitrogens with one attached hydrogen (secondary N) is 2. The maximum Gasteiger partial charge on any atom is 0.240 e. The van der Waals surface area contributed by atoms with Gasteiger partial charge in [0.2, 0.25) is 5.89 Å². The smallest absolute Gasteiger partial charge is 0.240 e. The lowest BCUT2D eigenvalue weighted by Gasteiger charge is -2.16. The van der Waals surface area contributed by atoms with Gasteiger partial charge in [0.15, 0.2) is 5.58 Å². The van der Waals surface area contributed by atoms with Crippen molar-refractivity contribution in [3.63, 3.8) is 0 Å². The van der Waals surface area contributed by atoms with Crippen LogP contribution in [0.1, 0.15) is 5.89 Å². The predicted molar refractivity (Wildman–Crippen MR) is 71.6 cm³/mol. The van der Waals surface area contributed by atoms with Crippen molar-refractivity contribution < 1.29 is 4.42 Å². The first-order valence-corrected chi connectivity index (χ1v) is 6.01. The average molecular weight is 273 g/mol. The van der Waals surface area contributed by atoms with Crippen LogP contribution in [0.2, 0.25) is 0 Å². The molecule has 0 saturated carbocycles.